The molecule has 132 valence electrons. The van der Waals surface area contributed by atoms with Crippen molar-refractivity contribution in [3.63, 3.8) is 0 Å². The Labute approximate surface area is 145 Å². The van der Waals surface area contributed by atoms with Crippen LogP contribution in [0.25, 0.3) is 0 Å². The van der Waals surface area contributed by atoms with Gasteiger partial charge in [-0.3, -0.25) is 4.90 Å². The van der Waals surface area contributed by atoms with Crippen LogP contribution in [-0.2, 0) is 12.7 Å². The molecule has 25 heavy (non-hydrogen) atoms. The number of pyridine rings is 1. The number of rotatable bonds is 3. The first-order valence-electron chi connectivity index (χ1n) is 8.53. The van der Waals surface area contributed by atoms with E-state index >= 15 is 0 Å². The van der Waals surface area contributed by atoms with Crippen LogP contribution in [0.5, 0.6) is 0 Å². The van der Waals surface area contributed by atoms with Gasteiger partial charge >= 0.3 is 6.18 Å². The van der Waals surface area contributed by atoms with E-state index in [9.17, 15) is 13.2 Å². The monoisotopic (exact) mass is 347 g/mol. The zero-order valence-corrected chi connectivity index (χ0v) is 13.8. The molecule has 0 aliphatic carbocycles. The Hall–Kier alpha value is -2.08. The summed E-state index contributed by atoms with van der Waals surface area (Å²) in [6.45, 7) is 4.78. The fraction of sp³-hybridized carbons (Fsp3) is 0.421. The minimum atomic E-state index is -4.33. The maximum absolute atomic E-state index is 12.6. The van der Waals surface area contributed by atoms with Crippen molar-refractivity contribution < 1.29 is 13.2 Å². The Bertz CT molecular complexity index is 701. The molecule has 2 aliphatic heterocycles. The summed E-state index contributed by atoms with van der Waals surface area (Å²) >= 11 is 0. The lowest BCUT2D eigenvalue weighted by Gasteiger charge is -2.22. The zero-order chi connectivity index (χ0) is 17.4. The second-order valence-corrected chi connectivity index (χ2v) is 7.01. The average Bonchev–Trinajstić information content (AvgIpc) is 3.13. The second-order valence-electron chi connectivity index (χ2n) is 7.01. The minimum absolute atomic E-state index is 0.563. The van der Waals surface area contributed by atoms with Gasteiger partial charge in [-0.05, 0) is 29.5 Å². The Morgan fingerprint density at radius 1 is 0.920 bits per heavy atom. The standard InChI is InChI=1S/C19H20F3N3/c20-19(21,22)17-6-7-18(23-8-17)25-12-15-10-24(11-16(15)13-25)9-14-4-2-1-3-5-14/h1-8,15-16H,9-13H2. The van der Waals surface area contributed by atoms with Crippen molar-refractivity contribution in [1.82, 2.24) is 9.88 Å². The minimum Gasteiger partial charge on any atom is -0.356 e. The number of aromatic nitrogens is 1. The summed E-state index contributed by atoms with van der Waals surface area (Å²) in [7, 11) is 0. The lowest BCUT2D eigenvalue weighted by molar-refractivity contribution is -0.137. The van der Waals surface area contributed by atoms with Gasteiger partial charge in [0.05, 0.1) is 5.56 Å². The van der Waals surface area contributed by atoms with Gasteiger partial charge in [-0.1, -0.05) is 30.3 Å². The molecule has 3 heterocycles. The molecular formula is C19H20F3N3. The molecule has 0 bridgehead atoms. The number of hydrogen-bond acceptors (Lipinski definition) is 3. The molecule has 6 heteroatoms. The molecule has 1 aromatic carbocycles. The van der Waals surface area contributed by atoms with Gasteiger partial charge in [0.2, 0.25) is 0 Å². The molecule has 0 radical (unpaired) electrons. The normalized spacial score (nSPS) is 23.9. The number of alkyl halides is 3. The molecule has 2 aliphatic rings. The highest BCUT2D eigenvalue weighted by atomic mass is 19.4. The Balaban J connectivity index is 1.36. The highest BCUT2D eigenvalue weighted by molar-refractivity contribution is 5.41. The van der Waals surface area contributed by atoms with Crippen LogP contribution in [0.1, 0.15) is 11.1 Å². The molecule has 2 saturated heterocycles. The van der Waals surface area contributed by atoms with Crippen molar-refractivity contribution in [2.75, 3.05) is 31.1 Å². The molecule has 2 atom stereocenters. The van der Waals surface area contributed by atoms with Gasteiger partial charge in [-0.2, -0.15) is 13.2 Å². The number of hydrogen-bond donors (Lipinski definition) is 0. The van der Waals surface area contributed by atoms with Crippen molar-refractivity contribution in [3.8, 4) is 0 Å². The Kier molecular flexibility index (Phi) is 4.15. The van der Waals surface area contributed by atoms with Crippen LogP contribution in [0.2, 0.25) is 0 Å². The number of fused-ring (bicyclic) bond motifs is 1. The fourth-order valence-electron chi connectivity index (χ4n) is 3.99. The predicted molar refractivity (Wildman–Crippen MR) is 90.2 cm³/mol. The van der Waals surface area contributed by atoms with E-state index in [1.807, 2.05) is 6.07 Å². The molecule has 2 unspecified atom stereocenters. The lowest BCUT2D eigenvalue weighted by atomic mass is 10.0. The maximum atomic E-state index is 12.6. The van der Waals surface area contributed by atoms with Crippen molar-refractivity contribution in [1.29, 1.82) is 0 Å². The number of likely N-dealkylation sites (tertiary alicyclic amines) is 1. The van der Waals surface area contributed by atoms with Crippen molar-refractivity contribution in [3.05, 3.63) is 59.8 Å². The summed E-state index contributed by atoms with van der Waals surface area (Å²) in [5, 5.41) is 0. The largest absolute Gasteiger partial charge is 0.417 e. The number of halogens is 3. The Morgan fingerprint density at radius 3 is 2.16 bits per heavy atom. The van der Waals surface area contributed by atoms with Crippen LogP contribution >= 0.6 is 0 Å². The molecule has 0 saturated carbocycles. The van der Waals surface area contributed by atoms with E-state index in [2.05, 4.69) is 39.0 Å². The van der Waals surface area contributed by atoms with Crippen LogP contribution in [0.4, 0.5) is 19.0 Å². The topological polar surface area (TPSA) is 19.4 Å². The summed E-state index contributed by atoms with van der Waals surface area (Å²) < 4.78 is 37.9. The molecular weight excluding hydrogens is 327 g/mol. The number of nitrogens with zero attached hydrogens (tertiary/aromatic N) is 3. The summed E-state index contributed by atoms with van der Waals surface area (Å²) in [4.78, 5) is 8.63. The van der Waals surface area contributed by atoms with E-state index in [0.29, 0.717) is 17.7 Å². The third-order valence-electron chi connectivity index (χ3n) is 5.21. The highest BCUT2D eigenvalue weighted by Crippen LogP contribution is 2.35. The Morgan fingerprint density at radius 2 is 1.60 bits per heavy atom. The van der Waals surface area contributed by atoms with Crippen LogP contribution < -0.4 is 4.90 Å². The third-order valence-corrected chi connectivity index (χ3v) is 5.21. The van der Waals surface area contributed by atoms with Gasteiger partial charge in [0.25, 0.3) is 0 Å². The van der Waals surface area contributed by atoms with Crippen LogP contribution in [0.15, 0.2) is 48.7 Å². The molecule has 0 spiro atoms. The van der Waals surface area contributed by atoms with Gasteiger partial charge in [-0.15, -0.1) is 0 Å². The second kappa shape index (κ2) is 6.33. The van der Waals surface area contributed by atoms with Gasteiger partial charge < -0.3 is 4.90 Å². The molecule has 2 fully saturated rings. The summed E-state index contributed by atoms with van der Waals surface area (Å²) in [6.07, 6.45) is -3.39. The van der Waals surface area contributed by atoms with E-state index in [-0.39, 0.29) is 0 Å². The first kappa shape index (κ1) is 16.4. The number of anilines is 1. The molecule has 3 nitrogen and oxygen atoms in total. The smallest absolute Gasteiger partial charge is 0.356 e. The molecule has 0 amide bonds. The van der Waals surface area contributed by atoms with E-state index in [1.54, 1.807) is 0 Å². The molecule has 1 aromatic heterocycles. The van der Waals surface area contributed by atoms with Crippen molar-refractivity contribution in [2.24, 2.45) is 11.8 Å². The molecule has 0 N–H and O–H groups in total. The third kappa shape index (κ3) is 3.49. The van der Waals surface area contributed by atoms with E-state index < -0.39 is 11.7 Å². The quantitative estimate of drug-likeness (QED) is 0.845. The van der Waals surface area contributed by atoms with Gasteiger partial charge in [0.15, 0.2) is 0 Å². The highest BCUT2D eigenvalue weighted by Gasteiger charge is 2.40. The molecule has 4 rings (SSSR count). The van der Waals surface area contributed by atoms with E-state index in [0.717, 1.165) is 45.0 Å². The van der Waals surface area contributed by atoms with Gasteiger partial charge in [0, 0.05) is 38.9 Å². The molecule has 2 aromatic rings. The summed E-state index contributed by atoms with van der Waals surface area (Å²) in [5.41, 5.74) is 0.633. The van der Waals surface area contributed by atoms with Crippen molar-refractivity contribution in [2.45, 2.75) is 12.7 Å². The van der Waals surface area contributed by atoms with E-state index in [4.69, 9.17) is 0 Å². The zero-order valence-electron chi connectivity index (χ0n) is 13.8. The van der Waals surface area contributed by atoms with Crippen LogP contribution in [0.3, 0.4) is 0 Å². The first-order valence-corrected chi connectivity index (χ1v) is 8.53. The fourth-order valence-corrected chi connectivity index (χ4v) is 3.99. The van der Waals surface area contributed by atoms with Gasteiger partial charge in [0.1, 0.15) is 5.82 Å². The van der Waals surface area contributed by atoms with Crippen LogP contribution in [-0.4, -0.2) is 36.1 Å². The summed E-state index contributed by atoms with van der Waals surface area (Å²) in [6, 6.07) is 13.1. The number of benzene rings is 1. The lowest BCUT2D eigenvalue weighted by Crippen LogP contribution is -2.29. The maximum Gasteiger partial charge on any atom is 0.417 e. The van der Waals surface area contributed by atoms with E-state index in [1.165, 1.54) is 11.6 Å². The van der Waals surface area contributed by atoms with Crippen molar-refractivity contribution >= 4 is 5.82 Å². The average molecular weight is 347 g/mol. The predicted octanol–water partition coefficient (Wildman–Crippen LogP) is 3.67. The van der Waals surface area contributed by atoms with Crippen LogP contribution in [0, 0.1) is 11.8 Å². The SMILES string of the molecule is FC(F)(F)c1ccc(N2CC3CN(Cc4ccccc4)CC3C2)nc1. The summed E-state index contributed by atoms with van der Waals surface area (Å²) in [5.74, 6) is 1.78. The first-order chi connectivity index (χ1) is 12.0. The van der Waals surface area contributed by atoms with Gasteiger partial charge in [-0.25, -0.2) is 4.98 Å².